The first-order valence-corrected chi connectivity index (χ1v) is 11.6. The minimum Gasteiger partial charge on any atom is -0.339 e. The Kier molecular flexibility index (Phi) is 7.02. The average molecular weight is 421 g/mol. The van der Waals surface area contributed by atoms with Crippen LogP contribution in [0.5, 0.6) is 0 Å². The molecule has 0 spiro atoms. The summed E-state index contributed by atoms with van der Waals surface area (Å²) in [4.78, 5) is 16.8. The van der Waals surface area contributed by atoms with Crippen molar-refractivity contribution in [2.24, 2.45) is 0 Å². The van der Waals surface area contributed by atoms with Crippen LogP contribution in [0.25, 0.3) is 0 Å². The van der Waals surface area contributed by atoms with E-state index in [1.54, 1.807) is 29.4 Å². The summed E-state index contributed by atoms with van der Waals surface area (Å²) in [5, 5.41) is 6.63. The van der Waals surface area contributed by atoms with Crippen molar-refractivity contribution in [3.05, 3.63) is 35.5 Å². The number of sulfonamides is 1. The standard InChI is InChI=1S/C20H28N4O4S/c1-3-18-22-20(28-23-18)9-7-8-19(25)21-16-11-10-15(2)17(14-16)29(26,27)24-12-5-4-6-13-24/h10-11,14H,3-9,12-13H2,1-2H3,(H,21,25). The van der Waals surface area contributed by atoms with Gasteiger partial charge in [-0.2, -0.15) is 9.29 Å². The van der Waals surface area contributed by atoms with Crippen LogP contribution in [0.1, 0.15) is 56.3 Å². The third-order valence-electron chi connectivity index (χ3n) is 5.03. The highest BCUT2D eigenvalue weighted by molar-refractivity contribution is 7.89. The van der Waals surface area contributed by atoms with Crippen molar-refractivity contribution in [2.75, 3.05) is 18.4 Å². The number of hydrogen-bond donors (Lipinski definition) is 1. The predicted molar refractivity (Wildman–Crippen MR) is 109 cm³/mol. The third-order valence-corrected chi connectivity index (χ3v) is 7.07. The number of carbonyl (C=O) groups is 1. The van der Waals surface area contributed by atoms with E-state index in [0.29, 0.717) is 55.3 Å². The maximum atomic E-state index is 13.0. The molecule has 0 aliphatic carbocycles. The van der Waals surface area contributed by atoms with Crippen molar-refractivity contribution in [1.82, 2.24) is 14.4 Å². The first kappa shape index (κ1) is 21.4. The van der Waals surface area contributed by atoms with Gasteiger partial charge < -0.3 is 9.84 Å². The van der Waals surface area contributed by atoms with Crippen LogP contribution in [0, 0.1) is 6.92 Å². The fourth-order valence-electron chi connectivity index (χ4n) is 3.36. The molecule has 2 aromatic rings. The number of rotatable bonds is 8. The molecule has 29 heavy (non-hydrogen) atoms. The lowest BCUT2D eigenvalue weighted by atomic mass is 10.2. The van der Waals surface area contributed by atoms with Gasteiger partial charge in [0.1, 0.15) is 0 Å². The summed E-state index contributed by atoms with van der Waals surface area (Å²) in [5.41, 5.74) is 1.17. The number of hydrogen-bond acceptors (Lipinski definition) is 6. The van der Waals surface area contributed by atoms with Crippen LogP contribution in [-0.2, 0) is 27.7 Å². The smallest absolute Gasteiger partial charge is 0.243 e. The summed E-state index contributed by atoms with van der Waals surface area (Å²) in [7, 11) is -3.55. The largest absolute Gasteiger partial charge is 0.339 e. The molecule has 0 radical (unpaired) electrons. The van der Waals surface area contributed by atoms with Crippen molar-refractivity contribution in [1.29, 1.82) is 0 Å². The van der Waals surface area contributed by atoms with Crippen molar-refractivity contribution >= 4 is 21.6 Å². The number of anilines is 1. The van der Waals surface area contributed by atoms with Crippen LogP contribution in [0.3, 0.4) is 0 Å². The molecule has 158 valence electrons. The predicted octanol–water partition coefficient (Wildman–Crippen LogP) is 3.08. The first-order valence-electron chi connectivity index (χ1n) is 10.1. The van der Waals surface area contributed by atoms with Crippen LogP contribution in [0.2, 0.25) is 0 Å². The summed E-state index contributed by atoms with van der Waals surface area (Å²) in [6.45, 7) is 4.82. The van der Waals surface area contributed by atoms with Gasteiger partial charge in [0, 0.05) is 38.0 Å². The molecule has 1 amide bonds. The minimum absolute atomic E-state index is 0.176. The van der Waals surface area contributed by atoms with Gasteiger partial charge in [0.2, 0.25) is 21.8 Å². The highest BCUT2D eigenvalue weighted by Crippen LogP contribution is 2.26. The lowest BCUT2D eigenvalue weighted by Crippen LogP contribution is -2.36. The Bertz CT molecular complexity index is 949. The molecule has 9 heteroatoms. The normalized spacial score (nSPS) is 15.4. The molecule has 1 aliphatic rings. The number of nitrogens with zero attached hydrogens (tertiary/aromatic N) is 3. The Labute approximate surface area is 171 Å². The first-order chi connectivity index (χ1) is 13.9. The summed E-state index contributed by atoms with van der Waals surface area (Å²) < 4.78 is 32.6. The SMILES string of the molecule is CCc1noc(CCCC(=O)Nc2ccc(C)c(S(=O)(=O)N3CCCCC3)c2)n1. The second-order valence-electron chi connectivity index (χ2n) is 7.30. The van der Waals surface area contributed by atoms with E-state index < -0.39 is 10.0 Å². The number of piperidine rings is 1. The number of benzene rings is 1. The molecule has 1 aromatic heterocycles. The average Bonchev–Trinajstić information content (AvgIpc) is 3.18. The molecule has 0 bridgehead atoms. The van der Waals surface area contributed by atoms with Gasteiger partial charge in [0.05, 0.1) is 4.90 Å². The van der Waals surface area contributed by atoms with Gasteiger partial charge in [-0.25, -0.2) is 8.42 Å². The maximum Gasteiger partial charge on any atom is 0.243 e. The highest BCUT2D eigenvalue weighted by Gasteiger charge is 2.27. The van der Waals surface area contributed by atoms with Gasteiger partial charge in [-0.1, -0.05) is 24.6 Å². The van der Waals surface area contributed by atoms with Crippen LogP contribution >= 0.6 is 0 Å². The Morgan fingerprint density at radius 2 is 2.00 bits per heavy atom. The number of aryl methyl sites for hydroxylation is 3. The maximum absolute atomic E-state index is 13.0. The van der Waals surface area contributed by atoms with E-state index in [2.05, 4.69) is 15.5 Å². The van der Waals surface area contributed by atoms with E-state index in [-0.39, 0.29) is 17.2 Å². The molecule has 3 rings (SSSR count). The number of aromatic nitrogens is 2. The van der Waals surface area contributed by atoms with Crippen LogP contribution < -0.4 is 5.32 Å². The van der Waals surface area contributed by atoms with Gasteiger partial charge in [-0.05, 0) is 43.9 Å². The Morgan fingerprint density at radius 1 is 1.24 bits per heavy atom. The molecule has 0 atom stereocenters. The van der Waals surface area contributed by atoms with Crippen molar-refractivity contribution in [2.45, 2.75) is 63.7 Å². The van der Waals surface area contributed by atoms with E-state index >= 15 is 0 Å². The van der Waals surface area contributed by atoms with E-state index in [1.165, 1.54) is 0 Å². The van der Waals surface area contributed by atoms with Crippen LogP contribution in [0.15, 0.2) is 27.6 Å². The molecule has 1 aromatic carbocycles. The number of nitrogens with one attached hydrogen (secondary N) is 1. The highest BCUT2D eigenvalue weighted by atomic mass is 32.2. The Hall–Kier alpha value is -2.26. The van der Waals surface area contributed by atoms with Crippen LogP contribution in [0.4, 0.5) is 5.69 Å². The minimum atomic E-state index is -3.55. The summed E-state index contributed by atoms with van der Waals surface area (Å²) >= 11 is 0. The molecule has 2 heterocycles. The molecular weight excluding hydrogens is 392 g/mol. The molecule has 1 aliphatic heterocycles. The summed E-state index contributed by atoms with van der Waals surface area (Å²) in [6.07, 6.45) is 4.92. The van der Waals surface area contributed by atoms with E-state index in [0.717, 1.165) is 19.3 Å². The second-order valence-corrected chi connectivity index (χ2v) is 9.21. The molecule has 1 saturated heterocycles. The van der Waals surface area contributed by atoms with Crippen molar-refractivity contribution in [3.63, 3.8) is 0 Å². The summed E-state index contributed by atoms with van der Waals surface area (Å²) in [6, 6.07) is 5.02. The van der Waals surface area contributed by atoms with E-state index in [4.69, 9.17) is 4.52 Å². The molecule has 8 nitrogen and oxygen atoms in total. The molecule has 1 fully saturated rings. The zero-order valence-electron chi connectivity index (χ0n) is 17.0. The zero-order valence-corrected chi connectivity index (χ0v) is 17.8. The van der Waals surface area contributed by atoms with Crippen molar-refractivity contribution in [3.8, 4) is 0 Å². The van der Waals surface area contributed by atoms with E-state index in [9.17, 15) is 13.2 Å². The summed E-state index contributed by atoms with van der Waals surface area (Å²) in [5.74, 6) is 1.01. The number of amides is 1. The van der Waals surface area contributed by atoms with Gasteiger partial charge in [0.25, 0.3) is 0 Å². The lowest BCUT2D eigenvalue weighted by molar-refractivity contribution is -0.116. The fourth-order valence-corrected chi connectivity index (χ4v) is 5.13. The monoisotopic (exact) mass is 420 g/mol. The van der Waals surface area contributed by atoms with Gasteiger partial charge in [-0.15, -0.1) is 0 Å². The van der Waals surface area contributed by atoms with Gasteiger partial charge in [0.15, 0.2) is 5.82 Å². The topological polar surface area (TPSA) is 105 Å². The third kappa shape index (κ3) is 5.42. The fraction of sp³-hybridized carbons (Fsp3) is 0.550. The van der Waals surface area contributed by atoms with Crippen molar-refractivity contribution < 1.29 is 17.7 Å². The van der Waals surface area contributed by atoms with Gasteiger partial charge >= 0.3 is 0 Å². The zero-order chi connectivity index (χ0) is 20.9. The molecular formula is C20H28N4O4S. The number of carbonyl (C=O) groups excluding carboxylic acids is 1. The lowest BCUT2D eigenvalue weighted by Gasteiger charge is -2.26. The second kappa shape index (κ2) is 9.49. The van der Waals surface area contributed by atoms with Crippen LogP contribution in [-0.4, -0.2) is 41.9 Å². The van der Waals surface area contributed by atoms with Gasteiger partial charge in [-0.3, -0.25) is 4.79 Å². The Morgan fingerprint density at radius 3 is 2.69 bits per heavy atom. The molecule has 1 N–H and O–H groups in total. The quantitative estimate of drug-likeness (QED) is 0.703. The Balaban J connectivity index is 1.60. The molecule has 0 unspecified atom stereocenters. The molecule has 0 saturated carbocycles. The van der Waals surface area contributed by atoms with E-state index in [1.807, 2.05) is 6.92 Å².